The van der Waals surface area contributed by atoms with E-state index in [2.05, 4.69) is 0 Å². The van der Waals surface area contributed by atoms with Crippen LogP contribution in [0.4, 0.5) is 0 Å². The van der Waals surface area contributed by atoms with Crippen LogP contribution in [0.25, 0.3) is 0 Å². The Morgan fingerprint density at radius 1 is 1.35 bits per heavy atom. The van der Waals surface area contributed by atoms with E-state index in [-0.39, 0.29) is 25.0 Å². The van der Waals surface area contributed by atoms with Crippen molar-refractivity contribution in [3.05, 3.63) is 35.9 Å². The van der Waals surface area contributed by atoms with Crippen molar-refractivity contribution >= 4 is 5.91 Å². The molecule has 2 atom stereocenters. The van der Waals surface area contributed by atoms with Gasteiger partial charge in [-0.3, -0.25) is 4.79 Å². The maximum absolute atomic E-state index is 11.6. The van der Waals surface area contributed by atoms with Gasteiger partial charge in [0.05, 0.1) is 25.2 Å². The smallest absolute Gasteiger partial charge is 0.225 e. The van der Waals surface area contributed by atoms with Crippen molar-refractivity contribution in [3.8, 4) is 0 Å². The number of hydrogen-bond acceptors (Lipinski definition) is 3. The van der Waals surface area contributed by atoms with Crippen LogP contribution in [0.15, 0.2) is 30.3 Å². The number of likely N-dealkylation sites (tertiary alicyclic amines) is 1. The number of β-amino-alcohol motifs (C(OH)–C–C–N with tert-alkyl or cyclic N) is 1. The first kappa shape index (κ1) is 12.1. The molecule has 1 aliphatic rings. The van der Waals surface area contributed by atoms with E-state index in [1.165, 1.54) is 0 Å². The molecule has 1 aromatic carbocycles. The van der Waals surface area contributed by atoms with Gasteiger partial charge in [0.1, 0.15) is 0 Å². The fourth-order valence-electron chi connectivity index (χ4n) is 2.22. The Kier molecular flexibility index (Phi) is 3.76. The number of nitrogens with zero attached hydrogens (tertiary/aromatic N) is 1. The molecule has 1 fully saturated rings. The molecule has 1 heterocycles. The monoisotopic (exact) mass is 235 g/mol. The molecule has 1 aromatic rings. The summed E-state index contributed by atoms with van der Waals surface area (Å²) in [6.07, 6.45) is 0.202. The van der Waals surface area contributed by atoms with Crippen molar-refractivity contribution in [2.75, 3.05) is 13.2 Å². The number of amides is 1. The average Bonchev–Trinajstić information content (AvgIpc) is 2.67. The standard InChI is InChI=1S/C13H17NO3/c15-9-11(6-10-4-2-1-3-5-10)14-8-12(16)7-13(14)17/h1-5,11-12,15-16H,6-9H2. The third kappa shape index (κ3) is 2.84. The summed E-state index contributed by atoms with van der Waals surface area (Å²) in [5, 5.41) is 18.8. The molecular weight excluding hydrogens is 218 g/mol. The summed E-state index contributed by atoms with van der Waals surface area (Å²) in [5.41, 5.74) is 1.08. The zero-order valence-electron chi connectivity index (χ0n) is 9.62. The van der Waals surface area contributed by atoms with E-state index in [1.807, 2.05) is 30.3 Å². The molecule has 92 valence electrons. The van der Waals surface area contributed by atoms with Gasteiger partial charge in [0.2, 0.25) is 5.91 Å². The second kappa shape index (κ2) is 5.29. The van der Waals surface area contributed by atoms with Gasteiger partial charge in [0.15, 0.2) is 0 Å². The highest BCUT2D eigenvalue weighted by atomic mass is 16.3. The molecule has 2 rings (SSSR count). The Labute approximate surface area is 100 Å². The molecule has 0 aliphatic carbocycles. The largest absolute Gasteiger partial charge is 0.394 e. The van der Waals surface area contributed by atoms with Crippen LogP contribution in [0.5, 0.6) is 0 Å². The third-order valence-corrected chi connectivity index (χ3v) is 3.10. The predicted octanol–water partition coefficient (Wildman–Crippen LogP) is 0.183. The number of aliphatic hydroxyl groups is 2. The quantitative estimate of drug-likeness (QED) is 0.783. The lowest BCUT2D eigenvalue weighted by molar-refractivity contribution is -0.130. The first-order valence-electron chi connectivity index (χ1n) is 5.83. The van der Waals surface area contributed by atoms with Crippen molar-refractivity contribution in [1.29, 1.82) is 0 Å². The lowest BCUT2D eigenvalue weighted by Crippen LogP contribution is -2.41. The fraction of sp³-hybridized carbons (Fsp3) is 0.462. The molecule has 1 aliphatic heterocycles. The van der Waals surface area contributed by atoms with Gasteiger partial charge in [0, 0.05) is 6.54 Å². The summed E-state index contributed by atoms with van der Waals surface area (Å²) in [7, 11) is 0. The summed E-state index contributed by atoms with van der Waals surface area (Å²) in [4.78, 5) is 13.2. The maximum Gasteiger partial charge on any atom is 0.225 e. The Hall–Kier alpha value is -1.39. The van der Waals surface area contributed by atoms with Crippen molar-refractivity contribution in [1.82, 2.24) is 4.90 Å². The van der Waals surface area contributed by atoms with Crippen LogP contribution >= 0.6 is 0 Å². The van der Waals surface area contributed by atoms with Crippen LogP contribution < -0.4 is 0 Å². The molecule has 0 saturated carbocycles. The Morgan fingerprint density at radius 2 is 2.06 bits per heavy atom. The fourth-order valence-corrected chi connectivity index (χ4v) is 2.22. The topological polar surface area (TPSA) is 60.8 Å². The van der Waals surface area contributed by atoms with Crippen molar-refractivity contribution in [2.45, 2.75) is 25.0 Å². The van der Waals surface area contributed by atoms with Crippen LogP contribution in [-0.4, -0.2) is 46.3 Å². The molecule has 1 amide bonds. The van der Waals surface area contributed by atoms with Crippen LogP contribution in [0, 0.1) is 0 Å². The van der Waals surface area contributed by atoms with E-state index in [0.29, 0.717) is 13.0 Å². The van der Waals surface area contributed by atoms with Gasteiger partial charge < -0.3 is 15.1 Å². The molecular formula is C13H17NO3. The van der Waals surface area contributed by atoms with Gasteiger partial charge in [-0.1, -0.05) is 30.3 Å². The van der Waals surface area contributed by atoms with Gasteiger partial charge >= 0.3 is 0 Å². The minimum Gasteiger partial charge on any atom is -0.394 e. The van der Waals surface area contributed by atoms with Crippen molar-refractivity contribution in [3.63, 3.8) is 0 Å². The van der Waals surface area contributed by atoms with Gasteiger partial charge in [-0.15, -0.1) is 0 Å². The maximum atomic E-state index is 11.6. The molecule has 0 aromatic heterocycles. The zero-order valence-corrected chi connectivity index (χ0v) is 9.62. The summed E-state index contributed by atoms with van der Waals surface area (Å²) < 4.78 is 0. The van der Waals surface area contributed by atoms with Crippen molar-refractivity contribution in [2.24, 2.45) is 0 Å². The second-order valence-corrected chi connectivity index (χ2v) is 4.43. The predicted molar refractivity (Wildman–Crippen MR) is 63.4 cm³/mol. The molecule has 0 radical (unpaired) electrons. The summed E-state index contributed by atoms with van der Waals surface area (Å²) in [6, 6.07) is 9.51. The molecule has 0 bridgehead atoms. The number of benzene rings is 1. The number of hydrogen-bond donors (Lipinski definition) is 2. The number of carbonyl (C=O) groups is 1. The molecule has 2 N–H and O–H groups in total. The number of carbonyl (C=O) groups excluding carboxylic acids is 1. The minimum atomic E-state index is -0.590. The van der Waals surface area contributed by atoms with Crippen LogP contribution in [0.2, 0.25) is 0 Å². The Bertz CT molecular complexity index is 380. The van der Waals surface area contributed by atoms with Crippen LogP contribution in [-0.2, 0) is 11.2 Å². The summed E-state index contributed by atoms with van der Waals surface area (Å²) in [6.45, 7) is 0.254. The first-order chi connectivity index (χ1) is 8.20. The normalized spacial score (nSPS) is 21.9. The summed E-state index contributed by atoms with van der Waals surface area (Å²) in [5.74, 6) is -0.0764. The Morgan fingerprint density at radius 3 is 2.59 bits per heavy atom. The van der Waals surface area contributed by atoms with E-state index in [1.54, 1.807) is 4.90 Å². The highest BCUT2D eigenvalue weighted by Crippen LogP contribution is 2.17. The SMILES string of the molecule is O=C1CC(O)CN1C(CO)Cc1ccccc1. The van der Waals surface area contributed by atoms with E-state index < -0.39 is 6.10 Å². The van der Waals surface area contributed by atoms with Gasteiger partial charge in [-0.25, -0.2) is 0 Å². The van der Waals surface area contributed by atoms with Gasteiger partial charge in [-0.2, -0.15) is 0 Å². The number of rotatable bonds is 4. The van der Waals surface area contributed by atoms with E-state index >= 15 is 0 Å². The second-order valence-electron chi connectivity index (χ2n) is 4.43. The minimum absolute atomic E-state index is 0.0760. The highest BCUT2D eigenvalue weighted by Gasteiger charge is 2.32. The van der Waals surface area contributed by atoms with E-state index in [4.69, 9.17) is 0 Å². The molecule has 4 nitrogen and oxygen atoms in total. The molecule has 17 heavy (non-hydrogen) atoms. The van der Waals surface area contributed by atoms with Crippen LogP contribution in [0.1, 0.15) is 12.0 Å². The third-order valence-electron chi connectivity index (χ3n) is 3.10. The lowest BCUT2D eigenvalue weighted by atomic mass is 10.1. The Balaban J connectivity index is 2.04. The van der Waals surface area contributed by atoms with E-state index in [0.717, 1.165) is 5.56 Å². The molecule has 0 spiro atoms. The van der Waals surface area contributed by atoms with Gasteiger partial charge in [-0.05, 0) is 12.0 Å². The zero-order chi connectivity index (χ0) is 12.3. The average molecular weight is 235 g/mol. The molecule has 4 heteroatoms. The van der Waals surface area contributed by atoms with Crippen molar-refractivity contribution < 1.29 is 15.0 Å². The highest BCUT2D eigenvalue weighted by molar-refractivity contribution is 5.79. The van der Waals surface area contributed by atoms with Crippen LogP contribution in [0.3, 0.4) is 0 Å². The first-order valence-corrected chi connectivity index (χ1v) is 5.83. The molecule has 2 unspecified atom stereocenters. The van der Waals surface area contributed by atoms with Gasteiger partial charge in [0.25, 0.3) is 0 Å². The lowest BCUT2D eigenvalue weighted by Gasteiger charge is -2.26. The summed E-state index contributed by atoms with van der Waals surface area (Å²) >= 11 is 0. The molecule has 1 saturated heterocycles. The van der Waals surface area contributed by atoms with E-state index in [9.17, 15) is 15.0 Å². The number of aliphatic hydroxyl groups excluding tert-OH is 2.